The molecular formula is C23H24N6O7. The molecule has 13 heteroatoms. The summed E-state index contributed by atoms with van der Waals surface area (Å²) in [5.74, 6) is 4.21. The van der Waals surface area contributed by atoms with Crippen LogP contribution >= 0.6 is 0 Å². The smallest absolute Gasteiger partial charge is 0.331 e. The molecule has 0 aliphatic heterocycles. The SMILES string of the molecule is CCN(C)c1cc(-c2cccc(OC)c2)nn(-c2cc(C(=O)N(N)OC(C)=O)ccc2[N+](=O)[O-])c1=O. The number of methoxy groups -OCH3 is 1. The first-order valence-corrected chi connectivity index (χ1v) is 10.6. The van der Waals surface area contributed by atoms with Crippen molar-refractivity contribution in [2.75, 3.05) is 25.6 Å². The van der Waals surface area contributed by atoms with Gasteiger partial charge in [0.15, 0.2) is 0 Å². The molecule has 3 rings (SSSR count). The molecular weight excluding hydrogens is 472 g/mol. The van der Waals surface area contributed by atoms with Gasteiger partial charge < -0.3 is 14.5 Å². The van der Waals surface area contributed by atoms with Crippen LogP contribution in [0.15, 0.2) is 53.3 Å². The van der Waals surface area contributed by atoms with Crippen molar-refractivity contribution in [1.82, 2.24) is 15.0 Å². The molecule has 0 saturated heterocycles. The molecule has 2 N–H and O–H groups in total. The lowest BCUT2D eigenvalue weighted by atomic mass is 10.1. The Morgan fingerprint density at radius 1 is 1.19 bits per heavy atom. The van der Waals surface area contributed by atoms with Gasteiger partial charge in [-0.2, -0.15) is 9.78 Å². The standard InChI is InChI=1S/C23H24N6O7/c1-5-26(3)21-13-18(15-7-6-8-17(11-15)35-4)25-27(23(21)32)20-12-16(9-10-19(20)29(33)34)22(31)28(24)36-14(2)30/h6-13H,5,24H2,1-4H3. The predicted molar refractivity (Wildman–Crippen MR) is 130 cm³/mol. The fourth-order valence-electron chi connectivity index (χ4n) is 3.30. The number of carbonyl (C=O) groups excluding carboxylic acids is 2. The second-order valence-corrected chi connectivity index (χ2v) is 7.55. The average Bonchev–Trinajstić information content (AvgIpc) is 2.87. The Morgan fingerprint density at radius 2 is 1.92 bits per heavy atom. The van der Waals surface area contributed by atoms with E-state index in [0.29, 0.717) is 23.6 Å². The Kier molecular flexibility index (Phi) is 7.64. The zero-order valence-electron chi connectivity index (χ0n) is 20.0. The minimum Gasteiger partial charge on any atom is -0.497 e. The molecule has 1 heterocycles. The van der Waals surface area contributed by atoms with Crippen molar-refractivity contribution in [3.05, 3.63) is 74.6 Å². The quantitative estimate of drug-likeness (QED) is 0.222. The van der Waals surface area contributed by atoms with E-state index >= 15 is 0 Å². The third-order valence-electron chi connectivity index (χ3n) is 5.22. The number of nitro benzene ring substituents is 1. The van der Waals surface area contributed by atoms with Crippen LogP contribution in [0, 0.1) is 10.1 Å². The molecule has 0 unspecified atom stereocenters. The number of rotatable bonds is 7. The summed E-state index contributed by atoms with van der Waals surface area (Å²) in [5, 5.41) is 16.4. The van der Waals surface area contributed by atoms with E-state index in [9.17, 15) is 24.5 Å². The maximum Gasteiger partial charge on any atom is 0.331 e. The van der Waals surface area contributed by atoms with Crippen LogP contribution in [-0.2, 0) is 9.63 Å². The summed E-state index contributed by atoms with van der Waals surface area (Å²) in [6, 6.07) is 11.7. The second-order valence-electron chi connectivity index (χ2n) is 7.55. The van der Waals surface area contributed by atoms with Gasteiger partial charge in [-0.05, 0) is 37.3 Å². The minimum atomic E-state index is -0.968. The van der Waals surface area contributed by atoms with Crippen molar-refractivity contribution in [2.24, 2.45) is 5.84 Å². The van der Waals surface area contributed by atoms with Gasteiger partial charge in [0, 0.05) is 37.7 Å². The van der Waals surface area contributed by atoms with E-state index in [4.69, 9.17) is 10.6 Å². The molecule has 0 radical (unpaired) electrons. The van der Waals surface area contributed by atoms with Crippen LogP contribution in [0.5, 0.6) is 5.75 Å². The molecule has 36 heavy (non-hydrogen) atoms. The van der Waals surface area contributed by atoms with E-state index in [1.807, 2.05) is 6.92 Å². The molecule has 0 saturated carbocycles. The number of benzene rings is 2. The number of nitrogens with two attached hydrogens (primary N) is 1. The molecule has 0 bridgehead atoms. The van der Waals surface area contributed by atoms with Gasteiger partial charge in [0.2, 0.25) is 0 Å². The van der Waals surface area contributed by atoms with Gasteiger partial charge in [0.1, 0.15) is 17.1 Å². The molecule has 0 aliphatic rings. The normalized spacial score (nSPS) is 10.5. The number of hydrazine groups is 1. The highest BCUT2D eigenvalue weighted by Gasteiger charge is 2.25. The Bertz CT molecular complexity index is 1390. The molecule has 13 nitrogen and oxygen atoms in total. The molecule has 3 aromatic rings. The molecule has 1 aromatic heterocycles. The Hall–Kier alpha value is -4.78. The zero-order chi connectivity index (χ0) is 26.6. The van der Waals surface area contributed by atoms with E-state index in [-0.39, 0.29) is 22.1 Å². The van der Waals surface area contributed by atoms with Gasteiger partial charge in [-0.1, -0.05) is 17.3 Å². The van der Waals surface area contributed by atoms with E-state index in [2.05, 4.69) is 9.94 Å². The Labute approximate surface area is 205 Å². The van der Waals surface area contributed by atoms with Crippen LogP contribution in [0.4, 0.5) is 11.4 Å². The molecule has 2 aromatic carbocycles. The second kappa shape index (κ2) is 10.7. The zero-order valence-corrected chi connectivity index (χ0v) is 20.0. The molecule has 0 fully saturated rings. The van der Waals surface area contributed by atoms with Crippen LogP contribution in [0.2, 0.25) is 0 Å². The van der Waals surface area contributed by atoms with E-state index < -0.39 is 28.0 Å². The number of carbonyl (C=O) groups is 2. The minimum absolute atomic E-state index is 0.176. The molecule has 0 aliphatic carbocycles. The van der Waals surface area contributed by atoms with Crippen molar-refractivity contribution in [3.8, 4) is 22.7 Å². The number of hydrogen-bond donors (Lipinski definition) is 1. The first-order valence-electron chi connectivity index (χ1n) is 10.6. The molecule has 188 valence electrons. The summed E-state index contributed by atoms with van der Waals surface area (Å²) in [7, 11) is 3.20. The summed E-state index contributed by atoms with van der Waals surface area (Å²) >= 11 is 0. The monoisotopic (exact) mass is 496 g/mol. The highest BCUT2D eigenvalue weighted by atomic mass is 16.7. The summed E-state index contributed by atoms with van der Waals surface area (Å²) in [6.07, 6.45) is 0. The number of ether oxygens (including phenoxy) is 1. The molecule has 0 spiro atoms. The van der Waals surface area contributed by atoms with Crippen molar-refractivity contribution in [1.29, 1.82) is 0 Å². The van der Waals surface area contributed by atoms with Crippen LogP contribution in [0.1, 0.15) is 24.2 Å². The summed E-state index contributed by atoms with van der Waals surface area (Å²) in [6.45, 7) is 3.34. The van der Waals surface area contributed by atoms with Crippen molar-refractivity contribution >= 4 is 23.3 Å². The number of hydroxylamine groups is 1. The Morgan fingerprint density at radius 3 is 2.53 bits per heavy atom. The largest absolute Gasteiger partial charge is 0.497 e. The third kappa shape index (κ3) is 5.31. The maximum atomic E-state index is 13.4. The number of nitrogens with zero attached hydrogens (tertiary/aromatic N) is 5. The van der Waals surface area contributed by atoms with Gasteiger partial charge in [-0.25, -0.2) is 10.6 Å². The van der Waals surface area contributed by atoms with Crippen LogP contribution in [0.3, 0.4) is 0 Å². The molecule has 0 atom stereocenters. The van der Waals surface area contributed by atoms with Crippen LogP contribution in [-0.4, -0.2) is 52.5 Å². The highest BCUT2D eigenvalue weighted by Crippen LogP contribution is 2.27. The van der Waals surface area contributed by atoms with Crippen molar-refractivity contribution in [2.45, 2.75) is 13.8 Å². The third-order valence-corrected chi connectivity index (χ3v) is 5.22. The van der Waals surface area contributed by atoms with Crippen LogP contribution in [0.25, 0.3) is 16.9 Å². The fraction of sp³-hybridized carbons (Fsp3) is 0.217. The fourth-order valence-corrected chi connectivity index (χ4v) is 3.30. The summed E-state index contributed by atoms with van der Waals surface area (Å²) in [5.41, 5.74) is -0.445. The summed E-state index contributed by atoms with van der Waals surface area (Å²) in [4.78, 5) is 54.6. The lowest BCUT2D eigenvalue weighted by Gasteiger charge is -2.19. The first-order chi connectivity index (χ1) is 17.1. The lowest BCUT2D eigenvalue weighted by Crippen LogP contribution is -2.39. The predicted octanol–water partition coefficient (Wildman–Crippen LogP) is 2.07. The lowest BCUT2D eigenvalue weighted by molar-refractivity contribution is -0.384. The van der Waals surface area contributed by atoms with E-state index in [1.165, 1.54) is 7.11 Å². The van der Waals surface area contributed by atoms with Crippen LogP contribution < -0.4 is 21.0 Å². The number of amides is 1. The summed E-state index contributed by atoms with van der Waals surface area (Å²) < 4.78 is 6.13. The molecule has 1 amide bonds. The number of nitro groups is 1. The highest BCUT2D eigenvalue weighted by molar-refractivity contribution is 5.95. The van der Waals surface area contributed by atoms with Crippen molar-refractivity contribution < 1.29 is 24.1 Å². The van der Waals surface area contributed by atoms with Gasteiger partial charge in [0.05, 0.1) is 17.7 Å². The Balaban J connectivity index is 2.30. The number of aromatic nitrogens is 2. The van der Waals surface area contributed by atoms with Gasteiger partial charge in [-0.15, -0.1) is 0 Å². The van der Waals surface area contributed by atoms with Gasteiger partial charge in [-0.3, -0.25) is 19.7 Å². The number of anilines is 1. The maximum absolute atomic E-state index is 13.4. The average molecular weight is 496 g/mol. The topological polar surface area (TPSA) is 163 Å². The van der Waals surface area contributed by atoms with Gasteiger partial charge >= 0.3 is 11.9 Å². The van der Waals surface area contributed by atoms with E-state index in [0.717, 1.165) is 29.8 Å². The number of hydrogen-bond acceptors (Lipinski definition) is 10. The van der Waals surface area contributed by atoms with E-state index in [1.54, 1.807) is 42.3 Å². The van der Waals surface area contributed by atoms with Gasteiger partial charge in [0.25, 0.3) is 11.2 Å². The first kappa shape index (κ1) is 25.8. The van der Waals surface area contributed by atoms with Crippen molar-refractivity contribution in [3.63, 3.8) is 0 Å².